The molecule has 2 saturated heterocycles. The van der Waals surface area contributed by atoms with Crippen molar-refractivity contribution in [3.05, 3.63) is 0 Å². The van der Waals surface area contributed by atoms with Gasteiger partial charge in [0.05, 0.1) is 24.5 Å². The van der Waals surface area contributed by atoms with Crippen molar-refractivity contribution in [1.29, 1.82) is 0 Å². The molecule has 2 heterocycles. The zero-order chi connectivity index (χ0) is 25.3. The molecule has 10 atom stereocenters. The minimum Gasteiger partial charge on any atom is -0.325 e. The minimum atomic E-state index is -3.02. The zero-order valence-electron chi connectivity index (χ0n) is 23.1. The highest BCUT2D eigenvalue weighted by atomic mass is 31.2. The molecule has 0 aromatic heterocycles. The van der Waals surface area contributed by atoms with Gasteiger partial charge >= 0.3 is 7.60 Å². The molecule has 2 aliphatic heterocycles. The fourth-order valence-electron chi connectivity index (χ4n) is 9.55. The topological polar surface area (TPSA) is 61.8 Å². The van der Waals surface area contributed by atoms with Gasteiger partial charge in [0.1, 0.15) is 0 Å². The highest BCUT2D eigenvalue weighted by molar-refractivity contribution is 7.59. The predicted octanol–water partition coefficient (Wildman–Crippen LogP) is 9.33. The second kappa shape index (κ2) is 12.1. The molecule has 0 aromatic carbocycles. The number of unbranched alkanes of at least 4 members (excludes halogenated alkanes) is 3. The van der Waals surface area contributed by atoms with Gasteiger partial charge in [0.2, 0.25) is 7.37 Å². The lowest BCUT2D eigenvalue weighted by Gasteiger charge is -2.51. The van der Waals surface area contributed by atoms with Gasteiger partial charge in [-0.3, -0.25) is 9.13 Å². The van der Waals surface area contributed by atoms with Crippen LogP contribution >= 0.6 is 15.0 Å². The fraction of sp³-hybridized carbons (Fsp3) is 1.00. The molecule has 0 amide bonds. The highest BCUT2D eigenvalue weighted by Gasteiger charge is 2.54. The van der Waals surface area contributed by atoms with E-state index >= 15 is 0 Å². The Bertz CT molecular complexity index is 795. The first-order valence-electron chi connectivity index (χ1n) is 16.3. The van der Waals surface area contributed by atoms with Crippen molar-refractivity contribution in [2.45, 2.75) is 152 Å². The zero-order valence-corrected chi connectivity index (χ0v) is 24.9. The standard InChI is InChI=1S/C30H52O5P2/c31-36(29-19-9-5-15-25(29)23-13-3-7-17-27(23)34-36)22-12-2-1-11-21-33-37(32)30-20-10-6-16-26(30)24-14-4-8-18-28(24)35-37/h23-30H,1-22H2. The second-order valence-electron chi connectivity index (χ2n) is 13.5. The van der Waals surface area contributed by atoms with Crippen LogP contribution in [0, 0.1) is 23.7 Å². The van der Waals surface area contributed by atoms with E-state index in [-0.39, 0.29) is 17.9 Å². The normalized spacial score (nSPS) is 47.8. The number of hydrogen-bond acceptors (Lipinski definition) is 5. The Morgan fingerprint density at radius 2 is 1.05 bits per heavy atom. The Labute approximate surface area is 225 Å². The molecule has 212 valence electrons. The van der Waals surface area contributed by atoms with Crippen LogP contribution in [0.2, 0.25) is 0 Å². The van der Waals surface area contributed by atoms with Crippen LogP contribution in [0.1, 0.15) is 128 Å². The maximum atomic E-state index is 14.1. The number of hydrogen-bond donors (Lipinski definition) is 0. The van der Waals surface area contributed by atoms with Gasteiger partial charge in [-0.05, 0) is 87.9 Å². The SMILES string of the molecule is O=P1(CCCCCCOP2(=O)OC3CCCCC3C3CCCCC32)OC2CCCCC2C2CCCCC21. The lowest BCUT2D eigenvalue weighted by atomic mass is 9.71. The monoisotopic (exact) mass is 554 g/mol. The van der Waals surface area contributed by atoms with E-state index < -0.39 is 15.0 Å². The van der Waals surface area contributed by atoms with Crippen LogP contribution in [0.5, 0.6) is 0 Å². The van der Waals surface area contributed by atoms with Crippen LogP contribution < -0.4 is 0 Å². The van der Waals surface area contributed by atoms with Crippen molar-refractivity contribution in [2.75, 3.05) is 12.8 Å². The molecule has 0 spiro atoms. The molecular weight excluding hydrogens is 502 g/mol. The van der Waals surface area contributed by atoms with Crippen molar-refractivity contribution in [3.63, 3.8) is 0 Å². The first-order chi connectivity index (χ1) is 18.1. The highest BCUT2D eigenvalue weighted by Crippen LogP contribution is 2.68. The lowest BCUT2D eigenvalue weighted by molar-refractivity contribution is -0.00491. The van der Waals surface area contributed by atoms with Crippen LogP contribution in [0.4, 0.5) is 0 Å². The molecule has 7 heteroatoms. The summed E-state index contributed by atoms with van der Waals surface area (Å²) in [7, 11) is -5.57. The summed E-state index contributed by atoms with van der Waals surface area (Å²) in [6, 6.07) is 0. The molecule has 37 heavy (non-hydrogen) atoms. The lowest BCUT2D eigenvalue weighted by Crippen LogP contribution is -2.45. The molecule has 0 bridgehead atoms. The van der Waals surface area contributed by atoms with Crippen molar-refractivity contribution in [3.8, 4) is 0 Å². The summed E-state index contributed by atoms with van der Waals surface area (Å²) < 4.78 is 47.2. The van der Waals surface area contributed by atoms with Crippen LogP contribution in [-0.4, -0.2) is 36.3 Å². The van der Waals surface area contributed by atoms with Gasteiger partial charge in [0.25, 0.3) is 0 Å². The van der Waals surface area contributed by atoms with Gasteiger partial charge in [-0.15, -0.1) is 0 Å². The molecule has 0 aromatic rings. The van der Waals surface area contributed by atoms with Gasteiger partial charge in [-0.2, -0.15) is 0 Å². The van der Waals surface area contributed by atoms with Crippen LogP contribution in [-0.2, 0) is 22.7 Å². The molecule has 10 unspecified atom stereocenters. The Morgan fingerprint density at radius 1 is 0.541 bits per heavy atom. The van der Waals surface area contributed by atoms with E-state index in [4.69, 9.17) is 13.6 Å². The molecular formula is C30H52O5P2. The fourth-order valence-corrected chi connectivity index (χ4v) is 15.8. The molecule has 4 saturated carbocycles. The van der Waals surface area contributed by atoms with Crippen LogP contribution in [0.25, 0.3) is 0 Å². The second-order valence-corrected chi connectivity index (χ2v) is 18.4. The summed E-state index contributed by atoms with van der Waals surface area (Å²) in [6.45, 7) is 0.542. The van der Waals surface area contributed by atoms with Crippen LogP contribution in [0.15, 0.2) is 0 Å². The number of rotatable bonds is 8. The smallest absolute Gasteiger partial charge is 0.325 e. The van der Waals surface area contributed by atoms with Crippen molar-refractivity contribution in [1.82, 2.24) is 0 Å². The summed E-state index contributed by atoms with van der Waals surface area (Å²) >= 11 is 0. The Kier molecular flexibility index (Phi) is 8.97. The van der Waals surface area contributed by atoms with E-state index in [1.54, 1.807) is 0 Å². The van der Waals surface area contributed by atoms with Gasteiger partial charge < -0.3 is 13.6 Å². The summed E-state index contributed by atoms with van der Waals surface area (Å²) in [4.78, 5) is 0. The summed E-state index contributed by atoms with van der Waals surface area (Å²) in [5.41, 5.74) is 0.478. The van der Waals surface area contributed by atoms with E-state index in [0.29, 0.717) is 35.9 Å². The van der Waals surface area contributed by atoms with Crippen molar-refractivity contribution >= 4 is 15.0 Å². The molecule has 6 rings (SSSR count). The van der Waals surface area contributed by atoms with E-state index in [1.807, 2.05) is 0 Å². The molecule has 5 nitrogen and oxygen atoms in total. The number of fused-ring (bicyclic) bond motifs is 6. The summed E-state index contributed by atoms with van der Waals surface area (Å²) in [5.74, 6) is 2.50. The maximum Gasteiger partial charge on any atom is 0.334 e. The summed E-state index contributed by atoms with van der Waals surface area (Å²) in [6.07, 6.45) is 24.7. The Morgan fingerprint density at radius 3 is 1.76 bits per heavy atom. The largest absolute Gasteiger partial charge is 0.334 e. The van der Waals surface area contributed by atoms with E-state index in [9.17, 15) is 9.13 Å². The van der Waals surface area contributed by atoms with Gasteiger partial charge in [-0.1, -0.05) is 64.2 Å². The third kappa shape index (κ3) is 5.75. The van der Waals surface area contributed by atoms with Gasteiger partial charge in [0, 0.05) is 11.8 Å². The van der Waals surface area contributed by atoms with E-state index in [2.05, 4.69) is 0 Å². The van der Waals surface area contributed by atoms with Crippen molar-refractivity contribution < 1.29 is 22.7 Å². The van der Waals surface area contributed by atoms with Gasteiger partial charge in [-0.25, -0.2) is 0 Å². The third-order valence-corrected chi connectivity index (χ3v) is 17.1. The van der Waals surface area contributed by atoms with Crippen LogP contribution in [0.3, 0.4) is 0 Å². The molecule has 4 aliphatic carbocycles. The quantitative estimate of drug-likeness (QED) is 0.221. The first kappa shape index (κ1) is 27.5. The predicted molar refractivity (Wildman–Crippen MR) is 150 cm³/mol. The molecule has 0 N–H and O–H groups in total. The third-order valence-electron chi connectivity index (χ3n) is 11.3. The average Bonchev–Trinajstić information content (AvgIpc) is 2.93. The molecule has 6 aliphatic rings. The van der Waals surface area contributed by atoms with E-state index in [0.717, 1.165) is 57.5 Å². The molecule has 0 radical (unpaired) electrons. The first-order valence-corrected chi connectivity index (χ1v) is 19.8. The van der Waals surface area contributed by atoms with Crippen molar-refractivity contribution in [2.24, 2.45) is 23.7 Å². The average molecular weight is 555 g/mol. The van der Waals surface area contributed by atoms with Gasteiger partial charge in [0.15, 0.2) is 0 Å². The molecule has 6 fully saturated rings. The van der Waals surface area contributed by atoms with E-state index in [1.165, 1.54) is 77.0 Å². The Hall–Kier alpha value is 0.340. The Balaban J connectivity index is 0.966. The summed E-state index contributed by atoms with van der Waals surface area (Å²) in [5, 5.41) is 0. The maximum absolute atomic E-state index is 14.1. The minimum absolute atomic E-state index is 0.140.